The number of urea groups is 1. The van der Waals surface area contributed by atoms with Gasteiger partial charge in [0, 0.05) is 18.1 Å². The average molecular weight is 231 g/mol. The van der Waals surface area contributed by atoms with E-state index in [1.807, 2.05) is 36.9 Å². The summed E-state index contributed by atoms with van der Waals surface area (Å²) in [5, 5.41) is 9.16. The second kappa shape index (κ2) is 4.25. The summed E-state index contributed by atoms with van der Waals surface area (Å²) >= 11 is 0. The van der Waals surface area contributed by atoms with E-state index < -0.39 is 6.03 Å². The number of primary amides is 1. The number of aromatic nitrogens is 2. The molecular weight excluding hydrogens is 218 g/mol. The molecule has 1 heterocycles. The van der Waals surface area contributed by atoms with Gasteiger partial charge in [-0.3, -0.25) is 4.68 Å². The molecule has 0 bridgehead atoms. The number of nitrogens with one attached hydrogen (secondary N) is 1. The molecule has 1 aromatic carbocycles. The number of hydrazone groups is 1. The molecule has 0 spiro atoms. The van der Waals surface area contributed by atoms with E-state index in [9.17, 15) is 4.79 Å². The molecule has 0 saturated heterocycles. The third-order valence-electron chi connectivity index (χ3n) is 2.54. The predicted molar refractivity (Wildman–Crippen MR) is 65.8 cm³/mol. The number of aryl methyl sites for hydroxylation is 2. The van der Waals surface area contributed by atoms with E-state index in [0.29, 0.717) is 0 Å². The summed E-state index contributed by atoms with van der Waals surface area (Å²) in [5.41, 5.74) is 9.89. The molecule has 17 heavy (non-hydrogen) atoms. The molecule has 0 fully saturated rings. The maximum atomic E-state index is 10.4. The van der Waals surface area contributed by atoms with Gasteiger partial charge in [0.25, 0.3) is 0 Å². The Morgan fingerprint density at radius 3 is 3.06 bits per heavy atom. The summed E-state index contributed by atoms with van der Waals surface area (Å²) in [7, 11) is 1.90. The van der Waals surface area contributed by atoms with Gasteiger partial charge >= 0.3 is 6.03 Å². The maximum Gasteiger partial charge on any atom is 0.332 e. The molecule has 0 atom stereocenters. The number of rotatable bonds is 2. The molecule has 1 aromatic heterocycles. The number of carbonyl (C=O) groups is 1. The van der Waals surface area contributed by atoms with E-state index in [1.165, 1.54) is 6.21 Å². The Labute approximate surface area is 98.1 Å². The van der Waals surface area contributed by atoms with Crippen LogP contribution in [-0.4, -0.2) is 22.0 Å². The van der Waals surface area contributed by atoms with E-state index in [0.717, 1.165) is 22.2 Å². The van der Waals surface area contributed by atoms with Crippen LogP contribution in [0.2, 0.25) is 0 Å². The predicted octanol–water partition coefficient (Wildman–Crippen LogP) is 0.884. The molecule has 0 unspecified atom stereocenters. The maximum absolute atomic E-state index is 10.4. The van der Waals surface area contributed by atoms with Crippen LogP contribution in [0.15, 0.2) is 23.3 Å². The lowest BCUT2D eigenvalue weighted by molar-refractivity contribution is 0.249. The lowest BCUT2D eigenvalue weighted by atomic mass is 10.1. The Morgan fingerprint density at radius 1 is 1.59 bits per heavy atom. The summed E-state index contributed by atoms with van der Waals surface area (Å²) in [6, 6.07) is 5.09. The fraction of sp³-hybridized carbons (Fsp3) is 0.182. The SMILES string of the molecule is Cc1c2ccc(C=NNC(N)=O)cc2nn1C. The van der Waals surface area contributed by atoms with E-state index in [1.54, 1.807) is 0 Å². The van der Waals surface area contributed by atoms with Gasteiger partial charge in [0.2, 0.25) is 0 Å². The highest BCUT2D eigenvalue weighted by molar-refractivity contribution is 5.90. The molecule has 6 heteroatoms. The average Bonchev–Trinajstić information content (AvgIpc) is 2.54. The molecular formula is C11H13N5O. The topological polar surface area (TPSA) is 85.3 Å². The Morgan fingerprint density at radius 2 is 2.35 bits per heavy atom. The molecule has 0 radical (unpaired) electrons. The lowest BCUT2D eigenvalue weighted by Crippen LogP contribution is -2.24. The minimum absolute atomic E-state index is 0.684. The van der Waals surface area contributed by atoms with Crippen LogP contribution in [0.5, 0.6) is 0 Å². The fourth-order valence-corrected chi connectivity index (χ4v) is 1.60. The van der Waals surface area contributed by atoms with Crippen LogP contribution in [0.3, 0.4) is 0 Å². The standard InChI is InChI=1S/C11H13N5O/c1-7-9-4-3-8(6-13-14-11(12)17)5-10(9)15-16(7)2/h3-6H,1-2H3,(H3,12,14,17). The summed E-state index contributed by atoms with van der Waals surface area (Å²) < 4.78 is 1.83. The first-order valence-corrected chi connectivity index (χ1v) is 5.10. The third kappa shape index (κ3) is 2.25. The first kappa shape index (κ1) is 11.1. The largest absolute Gasteiger partial charge is 0.350 e. The van der Waals surface area contributed by atoms with Crippen molar-refractivity contribution >= 4 is 23.1 Å². The molecule has 0 aliphatic heterocycles. The first-order valence-electron chi connectivity index (χ1n) is 5.10. The van der Waals surface area contributed by atoms with Crippen molar-refractivity contribution in [3.63, 3.8) is 0 Å². The summed E-state index contributed by atoms with van der Waals surface area (Å²) in [6.45, 7) is 2.01. The Kier molecular flexibility index (Phi) is 2.78. The van der Waals surface area contributed by atoms with Crippen LogP contribution in [0.4, 0.5) is 4.79 Å². The minimum Gasteiger partial charge on any atom is -0.350 e. The zero-order valence-electron chi connectivity index (χ0n) is 9.64. The Balaban J connectivity index is 2.32. The van der Waals surface area contributed by atoms with Gasteiger partial charge in [-0.15, -0.1) is 0 Å². The van der Waals surface area contributed by atoms with Gasteiger partial charge in [-0.2, -0.15) is 10.2 Å². The van der Waals surface area contributed by atoms with Crippen molar-refractivity contribution in [1.29, 1.82) is 0 Å². The third-order valence-corrected chi connectivity index (χ3v) is 2.54. The number of carbonyl (C=O) groups excluding carboxylic acids is 1. The summed E-state index contributed by atoms with van der Waals surface area (Å²) in [6.07, 6.45) is 1.52. The molecule has 0 saturated carbocycles. The lowest BCUT2D eigenvalue weighted by Gasteiger charge is -1.94. The monoisotopic (exact) mass is 231 g/mol. The van der Waals surface area contributed by atoms with Crippen molar-refractivity contribution in [2.75, 3.05) is 0 Å². The number of amides is 2. The van der Waals surface area contributed by atoms with Crippen LogP contribution in [0, 0.1) is 6.92 Å². The Hall–Kier alpha value is -2.37. The highest BCUT2D eigenvalue weighted by Gasteiger charge is 2.04. The van der Waals surface area contributed by atoms with Crippen molar-refractivity contribution in [3.8, 4) is 0 Å². The minimum atomic E-state index is -0.684. The molecule has 3 N–H and O–H groups in total. The van der Waals surface area contributed by atoms with Gasteiger partial charge in [0.1, 0.15) is 0 Å². The van der Waals surface area contributed by atoms with Crippen molar-refractivity contribution in [2.24, 2.45) is 17.9 Å². The van der Waals surface area contributed by atoms with E-state index in [-0.39, 0.29) is 0 Å². The molecule has 6 nitrogen and oxygen atoms in total. The van der Waals surface area contributed by atoms with Gasteiger partial charge in [0.05, 0.1) is 11.7 Å². The van der Waals surface area contributed by atoms with Crippen LogP contribution >= 0.6 is 0 Å². The van der Waals surface area contributed by atoms with Crippen LogP contribution in [0.1, 0.15) is 11.3 Å². The number of fused-ring (bicyclic) bond motifs is 1. The van der Waals surface area contributed by atoms with Gasteiger partial charge in [0.15, 0.2) is 0 Å². The molecule has 88 valence electrons. The summed E-state index contributed by atoms with van der Waals surface area (Å²) in [5.74, 6) is 0. The zero-order valence-corrected chi connectivity index (χ0v) is 9.64. The van der Waals surface area contributed by atoms with E-state index in [4.69, 9.17) is 5.73 Å². The number of hydrogen-bond acceptors (Lipinski definition) is 3. The van der Waals surface area contributed by atoms with Gasteiger partial charge < -0.3 is 5.73 Å². The van der Waals surface area contributed by atoms with Gasteiger partial charge in [-0.25, -0.2) is 10.2 Å². The van der Waals surface area contributed by atoms with Crippen molar-refractivity contribution in [2.45, 2.75) is 6.92 Å². The zero-order chi connectivity index (χ0) is 12.4. The number of nitrogens with two attached hydrogens (primary N) is 1. The second-order valence-corrected chi connectivity index (χ2v) is 3.72. The smallest absolute Gasteiger partial charge is 0.332 e. The van der Waals surface area contributed by atoms with Crippen LogP contribution in [-0.2, 0) is 7.05 Å². The van der Waals surface area contributed by atoms with E-state index in [2.05, 4.69) is 15.6 Å². The summed E-state index contributed by atoms with van der Waals surface area (Å²) in [4.78, 5) is 10.4. The Bertz CT molecular complexity index is 599. The molecule has 0 aliphatic carbocycles. The highest BCUT2D eigenvalue weighted by Crippen LogP contribution is 2.17. The highest BCUT2D eigenvalue weighted by atomic mass is 16.2. The van der Waals surface area contributed by atoms with Crippen molar-refractivity contribution in [3.05, 3.63) is 29.5 Å². The molecule has 0 aliphatic rings. The quantitative estimate of drug-likeness (QED) is 0.594. The number of hydrogen-bond donors (Lipinski definition) is 2. The van der Waals surface area contributed by atoms with Crippen molar-refractivity contribution < 1.29 is 4.79 Å². The van der Waals surface area contributed by atoms with E-state index >= 15 is 0 Å². The van der Waals surface area contributed by atoms with Crippen LogP contribution in [0.25, 0.3) is 10.9 Å². The fourth-order valence-electron chi connectivity index (χ4n) is 1.60. The first-order chi connectivity index (χ1) is 8.08. The molecule has 2 rings (SSSR count). The number of nitrogens with zero attached hydrogens (tertiary/aromatic N) is 3. The van der Waals surface area contributed by atoms with Gasteiger partial charge in [-0.1, -0.05) is 12.1 Å². The van der Waals surface area contributed by atoms with Gasteiger partial charge in [-0.05, 0) is 18.6 Å². The van der Waals surface area contributed by atoms with Crippen molar-refractivity contribution in [1.82, 2.24) is 15.2 Å². The molecule has 2 amide bonds. The number of benzene rings is 1. The molecule has 2 aromatic rings. The normalized spacial score (nSPS) is 11.2. The van der Waals surface area contributed by atoms with Crippen LogP contribution < -0.4 is 11.2 Å². The second-order valence-electron chi connectivity index (χ2n) is 3.72.